The molecule has 1 saturated heterocycles. The van der Waals surface area contributed by atoms with E-state index in [1.165, 1.54) is 0 Å². The average Bonchev–Trinajstić information content (AvgIpc) is 2.74. The molecule has 2 unspecified atom stereocenters. The molecule has 2 atom stereocenters. The van der Waals surface area contributed by atoms with Crippen molar-refractivity contribution in [2.24, 2.45) is 17.1 Å². The van der Waals surface area contributed by atoms with Crippen LogP contribution in [0.4, 0.5) is 0 Å². The molecule has 0 radical (unpaired) electrons. The van der Waals surface area contributed by atoms with E-state index in [9.17, 15) is 14.7 Å². The SMILES string of the molecule is CCC(C)(N)C(=O)N1CCC(C(=O)O)(C(C)C)C1. The number of carbonyl (C=O) groups is 2. The van der Waals surface area contributed by atoms with E-state index < -0.39 is 16.9 Å². The summed E-state index contributed by atoms with van der Waals surface area (Å²) in [5.74, 6) is -0.963. The summed E-state index contributed by atoms with van der Waals surface area (Å²) >= 11 is 0. The number of nitrogens with zero attached hydrogens (tertiary/aromatic N) is 1. The van der Waals surface area contributed by atoms with Crippen molar-refractivity contribution in [1.82, 2.24) is 4.90 Å². The Morgan fingerprint density at radius 2 is 2.06 bits per heavy atom. The minimum absolute atomic E-state index is 0.00143. The van der Waals surface area contributed by atoms with Crippen molar-refractivity contribution in [2.45, 2.75) is 46.1 Å². The fourth-order valence-electron chi connectivity index (χ4n) is 2.41. The molecular formula is C13H24N2O3. The first-order chi connectivity index (χ1) is 8.17. The number of aliphatic carboxylic acids is 1. The number of carboxylic acid groups (broad SMARTS) is 1. The average molecular weight is 256 g/mol. The largest absolute Gasteiger partial charge is 0.481 e. The van der Waals surface area contributed by atoms with Gasteiger partial charge in [-0.2, -0.15) is 0 Å². The minimum Gasteiger partial charge on any atom is -0.481 e. The molecule has 18 heavy (non-hydrogen) atoms. The van der Waals surface area contributed by atoms with Gasteiger partial charge in [-0.25, -0.2) is 0 Å². The molecule has 104 valence electrons. The molecule has 0 aliphatic carbocycles. The Bertz CT molecular complexity index is 352. The van der Waals surface area contributed by atoms with Crippen molar-refractivity contribution in [2.75, 3.05) is 13.1 Å². The zero-order chi connectivity index (χ0) is 14.1. The van der Waals surface area contributed by atoms with Gasteiger partial charge in [0.15, 0.2) is 0 Å². The Balaban J connectivity index is 2.89. The lowest BCUT2D eigenvalue weighted by atomic mass is 9.76. The quantitative estimate of drug-likeness (QED) is 0.788. The maximum Gasteiger partial charge on any atom is 0.311 e. The molecule has 1 fully saturated rings. The van der Waals surface area contributed by atoms with E-state index >= 15 is 0 Å². The molecule has 0 aromatic carbocycles. The third-order valence-electron chi connectivity index (χ3n) is 4.34. The third-order valence-corrected chi connectivity index (χ3v) is 4.34. The van der Waals surface area contributed by atoms with Gasteiger partial charge in [0.1, 0.15) is 0 Å². The van der Waals surface area contributed by atoms with Crippen molar-refractivity contribution in [3.63, 3.8) is 0 Å². The van der Waals surface area contributed by atoms with Gasteiger partial charge in [-0.3, -0.25) is 9.59 Å². The van der Waals surface area contributed by atoms with Crippen LogP contribution in [0, 0.1) is 11.3 Å². The number of carbonyl (C=O) groups excluding carboxylic acids is 1. The van der Waals surface area contributed by atoms with Crippen molar-refractivity contribution in [3.05, 3.63) is 0 Å². The van der Waals surface area contributed by atoms with Crippen LogP contribution in [0.3, 0.4) is 0 Å². The fourth-order valence-corrected chi connectivity index (χ4v) is 2.41. The van der Waals surface area contributed by atoms with E-state index in [1.54, 1.807) is 11.8 Å². The molecule has 0 spiro atoms. The lowest BCUT2D eigenvalue weighted by Gasteiger charge is -2.31. The van der Waals surface area contributed by atoms with Gasteiger partial charge < -0.3 is 15.7 Å². The van der Waals surface area contributed by atoms with E-state index in [0.717, 1.165) is 0 Å². The van der Waals surface area contributed by atoms with Gasteiger partial charge in [0.2, 0.25) is 5.91 Å². The summed E-state index contributed by atoms with van der Waals surface area (Å²) in [7, 11) is 0. The number of carboxylic acids is 1. The van der Waals surface area contributed by atoms with Crippen LogP contribution in [0.2, 0.25) is 0 Å². The molecule has 5 nitrogen and oxygen atoms in total. The summed E-state index contributed by atoms with van der Waals surface area (Å²) in [5.41, 5.74) is 4.22. The maximum absolute atomic E-state index is 12.2. The lowest BCUT2D eigenvalue weighted by molar-refractivity contribution is -0.151. The second kappa shape index (κ2) is 4.88. The second-order valence-electron chi connectivity index (χ2n) is 5.86. The van der Waals surface area contributed by atoms with Crippen LogP contribution < -0.4 is 5.73 Å². The highest BCUT2D eigenvalue weighted by Gasteiger charge is 2.49. The smallest absolute Gasteiger partial charge is 0.311 e. The number of hydrogen-bond donors (Lipinski definition) is 2. The van der Waals surface area contributed by atoms with Gasteiger partial charge in [-0.1, -0.05) is 20.8 Å². The van der Waals surface area contributed by atoms with Crippen LogP contribution in [0.5, 0.6) is 0 Å². The first-order valence-corrected chi connectivity index (χ1v) is 6.49. The molecule has 0 aromatic heterocycles. The molecule has 1 aliphatic rings. The Morgan fingerprint density at radius 1 is 1.50 bits per heavy atom. The van der Waals surface area contributed by atoms with Crippen molar-refractivity contribution < 1.29 is 14.7 Å². The number of hydrogen-bond acceptors (Lipinski definition) is 3. The highest BCUT2D eigenvalue weighted by Crippen LogP contribution is 2.38. The molecule has 1 heterocycles. The van der Waals surface area contributed by atoms with Crippen molar-refractivity contribution in [3.8, 4) is 0 Å². The van der Waals surface area contributed by atoms with E-state index in [2.05, 4.69) is 0 Å². The first-order valence-electron chi connectivity index (χ1n) is 6.49. The zero-order valence-corrected chi connectivity index (χ0v) is 11.7. The maximum atomic E-state index is 12.2. The third kappa shape index (κ3) is 2.36. The van der Waals surface area contributed by atoms with Crippen molar-refractivity contribution in [1.29, 1.82) is 0 Å². The molecule has 0 saturated carbocycles. The highest BCUT2D eigenvalue weighted by atomic mass is 16.4. The Hall–Kier alpha value is -1.10. The second-order valence-corrected chi connectivity index (χ2v) is 5.86. The molecule has 3 N–H and O–H groups in total. The van der Waals surface area contributed by atoms with Crippen LogP contribution in [0.15, 0.2) is 0 Å². The van der Waals surface area contributed by atoms with Gasteiger partial charge in [0.05, 0.1) is 11.0 Å². The van der Waals surface area contributed by atoms with Gasteiger partial charge in [-0.05, 0) is 25.7 Å². The standard InChI is InChI=1S/C13H24N2O3/c1-5-12(4,14)10(16)15-7-6-13(8-15,9(2)3)11(17)18/h9H,5-8,14H2,1-4H3,(H,17,18). The summed E-state index contributed by atoms with van der Waals surface area (Å²) in [6.07, 6.45) is 1.05. The van der Waals surface area contributed by atoms with Crippen LogP contribution >= 0.6 is 0 Å². The summed E-state index contributed by atoms with van der Waals surface area (Å²) in [6.45, 7) is 8.10. The van der Waals surface area contributed by atoms with Gasteiger partial charge in [0, 0.05) is 13.1 Å². The summed E-state index contributed by atoms with van der Waals surface area (Å²) in [4.78, 5) is 25.3. The summed E-state index contributed by atoms with van der Waals surface area (Å²) in [6, 6.07) is 0. The number of likely N-dealkylation sites (tertiary alicyclic amines) is 1. The summed E-state index contributed by atoms with van der Waals surface area (Å²) in [5, 5.41) is 9.42. The van der Waals surface area contributed by atoms with E-state index in [-0.39, 0.29) is 18.4 Å². The molecule has 0 aromatic rings. The predicted molar refractivity (Wildman–Crippen MR) is 69.0 cm³/mol. The van der Waals surface area contributed by atoms with E-state index in [0.29, 0.717) is 19.4 Å². The Morgan fingerprint density at radius 3 is 2.39 bits per heavy atom. The first kappa shape index (κ1) is 15.0. The zero-order valence-electron chi connectivity index (χ0n) is 11.7. The fraction of sp³-hybridized carbons (Fsp3) is 0.846. The normalized spacial score (nSPS) is 27.3. The molecule has 1 amide bonds. The predicted octanol–water partition coefficient (Wildman–Crippen LogP) is 1.07. The van der Waals surface area contributed by atoms with Crippen LogP contribution in [0.25, 0.3) is 0 Å². The van der Waals surface area contributed by atoms with Crippen molar-refractivity contribution >= 4 is 11.9 Å². The van der Waals surface area contributed by atoms with Gasteiger partial charge in [0.25, 0.3) is 0 Å². The van der Waals surface area contributed by atoms with Crippen LogP contribution in [0.1, 0.15) is 40.5 Å². The van der Waals surface area contributed by atoms with E-state index in [4.69, 9.17) is 5.73 Å². The van der Waals surface area contributed by atoms with Crippen LogP contribution in [-0.4, -0.2) is 40.5 Å². The Labute approximate surface area is 108 Å². The highest BCUT2D eigenvalue weighted by molar-refractivity contribution is 5.87. The number of nitrogens with two attached hydrogens (primary N) is 1. The lowest BCUT2D eigenvalue weighted by Crippen LogP contribution is -2.53. The van der Waals surface area contributed by atoms with E-state index in [1.807, 2.05) is 20.8 Å². The number of amides is 1. The Kier molecular flexibility index (Phi) is 4.05. The number of rotatable bonds is 4. The molecular weight excluding hydrogens is 232 g/mol. The minimum atomic E-state index is -0.897. The van der Waals surface area contributed by atoms with Crippen LogP contribution in [-0.2, 0) is 9.59 Å². The van der Waals surface area contributed by atoms with Gasteiger partial charge in [-0.15, -0.1) is 0 Å². The topological polar surface area (TPSA) is 83.6 Å². The monoisotopic (exact) mass is 256 g/mol. The molecule has 1 rings (SSSR count). The molecule has 5 heteroatoms. The molecule has 1 aliphatic heterocycles. The van der Waals surface area contributed by atoms with Gasteiger partial charge >= 0.3 is 5.97 Å². The summed E-state index contributed by atoms with van der Waals surface area (Å²) < 4.78 is 0. The molecule has 0 bridgehead atoms.